The van der Waals surface area contributed by atoms with E-state index in [9.17, 15) is 4.79 Å². The minimum atomic E-state index is -0.112. The molecule has 0 N–H and O–H groups in total. The SMILES string of the molecule is COc1ccc(C(=O)N2CCC[C@@H](c3nc(-c4cc(OC)c(OC)c(OC)c4)no3)C2)c(OC)c1. The van der Waals surface area contributed by atoms with Crippen molar-refractivity contribution in [3.63, 3.8) is 0 Å². The molecular formula is C25H29N3O7. The summed E-state index contributed by atoms with van der Waals surface area (Å²) in [7, 11) is 7.75. The van der Waals surface area contributed by atoms with E-state index in [4.69, 9.17) is 28.2 Å². The van der Waals surface area contributed by atoms with Crippen LogP contribution in [0.5, 0.6) is 28.7 Å². The van der Waals surface area contributed by atoms with E-state index in [0.717, 1.165) is 12.8 Å². The van der Waals surface area contributed by atoms with Gasteiger partial charge >= 0.3 is 0 Å². The molecule has 1 aromatic heterocycles. The Bertz CT molecular complexity index is 1170. The lowest BCUT2D eigenvalue weighted by molar-refractivity contribution is 0.0692. The van der Waals surface area contributed by atoms with Gasteiger partial charge in [-0.25, -0.2) is 0 Å². The third-order valence-corrected chi connectivity index (χ3v) is 6.06. The lowest BCUT2D eigenvalue weighted by Crippen LogP contribution is -2.39. The summed E-state index contributed by atoms with van der Waals surface area (Å²) in [6.45, 7) is 1.10. The van der Waals surface area contributed by atoms with Gasteiger partial charge in [0.2, 0.25) is 17.5 Å². The molecule has 0 bridgehead atoms. The van der Waals surface area contributed by atoms with Gasteiger partial charge in [-0.2, -0.15) is 4.98 Å². The number of piperidine rings is 1. The second kappa shape index (κ2) is 10.5. The number of hydrogen-bond acceptors (Lipinski definition) is 9. The van der Waals surface area contributed by atoms with Crippen LogP contribution in [-0.4, -0.2) is 69.6 Å². The van der Waals surface area contributed by atoms with Crippen molar-refractivity contribution in [2.75, 3.05) is 48.6 Å². The van der Waals surface area contributed by atoms with Gasteiger partial charge in [-0.1, -0.05) is 5.16 Å². The number of aromatic nitrogens is 2. The Balaban J connectivity index is 1.55. The second-order valence-corrected chi connectivity index (χ2v) is 8.03. The van der Waals surface area contributed by atoms with E-state index in [1.165, 1.54) is 7.11 Å². The highest BCUT2D eigenvalue weighted by Crippen LogP contribution is 2.41. The van der Waals surface area contributed by atoms with E-state index in [-0.39, 0.29) is 11.8 Å². The van der Waals surface area contributed by atoms with Gasteiger partial charge in [0.05, 0.1) is 47.0 Å². The zero-order valence-electron chi connectivity index (χ0n) is 20.5. The first-order chi connectivity index (χ1) is 17.0. The van der Waals surface area contributed by atoms with Crippen LogP contribution in [0.25, 0.3) is 11.4 Å². The normalized spacial score (nSPS) is 15.5. The summed E-state index contributed by atoms with van der Waals surface area (Å²) >= 11 is 0. The van der Waals surface area contributed by atoms with Crippen molar-refractivity contribution in [3.8, 4) is 40.1 Å². The van der Waals surface area contributed by atoms with Crippen LogP contribution in [0.2, 0.25) is 0 Å². The molecule has 1 aliphatic heterocycles. The van der Waals surface area contributed by atoms with Crippen molar-refractivity contribution in [3.05, 3.63) is 41.8 Å². The van der Waals surface area contributed by atoms with Gasteiger partial charge in [-0.05, 0) is 37.1 Å². The molecule has 0 aliphatic carbocycles. The molecule has 0 saturated carbocycles. The molecule has 1 fully saturated rings. The molecule has 0 radical (unpaired) electrons. The van der Waals surface area contributed by atoms with Gasteiger partial charge in [-0.3, -0.25) is 4.79 Å². The molecular weight excluding hydrogens is 454 g/mol. The van der Waals surface area contributed by atoms with Crippen LogP contribution in [0.1, 0.15) is 35.0 Å². The number of likely N-dealkylation sites (tertiary alicyclic amines) is 1. The molecule has 35 heavy (non-hydrogen) atoms. The number of amides is 1. The van der Waals surface area contributed by atoms with Gasteiger partial charge in [0.25, 0.3) is 5.91 Å². The van der Waals surface area contributed by atoms with Crippen molar-refractivity contribution >= 4 is 5.91 Å². The van der Waals surface area contributed by atoms with E-state index >= 15 is 0 Å². The maximum atomic E-state index is 13.3. The highest BCUT2D eigenvalue weighted by molar-refractivity contribution is 5.97. The number of hydrogen-bond donors (Lipinski definition) is 0. The van der Waals surface area contributed by atoms with Crippen molar-refractivity contribution in [1.29, 1.82) is 0 Å². The summed E-state index contributed by atoms with van der Waals surface area (Å²) in [5.74, 6) is 3.26. The predicted octanol–water partition coefficient (Wildman–Crippen LogP) is 3.80. The predicted molar refractivity (Wildman–Crippen MR) is 127 cm³/mol. The molecule has 2 aromatic carbocycles. The summed E-state index contributed by atoms with van der Waals surface area (Å²) in [6.07, 6.45) is 1.65. The minimum absolute atomic E-state index is 0.0831. The number of nitrogens with zero attached hydrogens (tertiary/aromatic N) is 3. The van der Waals surface area contributed by atoms with E-state index in [0.29, 0.717) is 64.7 Å². The molecule has 2 heterocycles. The monoisotopic (exact) mass is 483 g/mol. The Hall–Kier alpha value is -3.95. The number of rotatable bonds is 8. The Morgan fingerprint density at radius 1 is 0.943 bits per heavy atom. The Morgan fingerprint density at radius 2 is 1.66 bits per heavy atom. The lowest BCUT2D eigenvalue weighted by Gasteiger charge is -2.31. The molecule has 1 saturated heterocycles. The van der Waals surface area contributed by atoms with E-state index in [1.54, 1.807) is 63.7 Å². The summed E-state index contributed by atoms with van der Waals surface area (Å²) in [6, 6.07) is 8.71. The van der Waals surface area contributed by atoms with Gasteiger partial charge < -0.3 is 33.1 Å². The van der Waals surface area contributed by atoms with E-state index < -0.39 is 0 Å². The average Bonchev–Trinajstić information content (AvgIpc) is 3.42. The third-order valence-electron chi connectivity index (χ3n) is 6.06. The Morgan fingerprint density at radius 3 is 2.29 bits per heavy atom. The van der Waals surface area contributed by atoms with Crippen LogP contribution in [-0.2, 0) is 0 Å². The largest absolute Gasteiger partial charge is 0.497 e. The van der Waals surface area contributed by atoms with Gasteiger partial charge in [0.15, 0.2) is 11.5 Å². The summed E-state index contributed by atoms with van der Waals surface area (Å²) in [5, 5.41) is 4.17. The molecule has 1 atom stereocenters. The first-order valence-corrected chi connectivity index (χ1v) is 11.2. The summed E-state index contributed by atoms with van der Waals surface area (Å²) < 4.78 is 32.5. The number of carbonyl (C=O) groups excluding carboxylic acids is 1. The Kier molecular flexibility index (Phi) is 7.28. The van der Waals surface area contributed by atoms with Crippen LogP contribution in [0.3, 0.4) is 0 Å². The molecule has 186 valence electrons. The fourth-order valence-electron chi connectivity index (χ4n) is 4.24. The van der Waals surface area contributed by atoms with Crippen LogP contribution in [0.4, 0.5) is 0 Å². The number of ether oxygens (including phenoxy) is 5. The summed E-state index contributed by atoms with van der Waals surface area (Å²) in [5.41, 5.74) is 1.15. The van der Waals surface area contributed by atoms with Crippen molar-refractivity contribution in [2.24, 2.45) is 0 Å². The van der Waals surface area contributed by atoms with Crippen LogP contribution in [0, 0.1) is 0 Å². The number of methoxy groups -OCH3 is 5. The maximum Gasteiger partial charge on any atom is 0.257 e. The van der Waals surface area contributed by atoms with Crippen LogP contribution in [0.15, 0.2) is 34.9 Å². The van der Waals surface area contributed by atoms with Crippen molar-refractivity contribution in [1.82, 2.24) is 15.0 Å². The minimum Gasteiger partial charge on any atom is -0.497 e. The maximum absolute atomic E-state index is 13.3. The molecule has 1 aliphatic rings. The second-order valence-electron chi connectivity index (χ2n) is 8.03. The highest BCUT2D eigenvalue weighted by atomic mass is 16.5. The molecule has 0 unspecified atom stereocenters. The first-order valence-electron chi connectivity index (χ1n) is 11.2. The first kappa shape index (κ1) is 24.2. The molecule has 3 aromatic rings. The standard InChI is InChI=1S/C25H29N3O7/c1-30-17-8-9-18(19(13-17)31-2)25(29)28-10-6-7-15(14-28)24-26-23(27-35-24)16-11-20(32-3)22(34-5)21(12-16)33-4/h8-9,11-13,15H,6-7,10,14H2,1-5H3/t15-/m1/s1. The van der Waals surface area contributed by atoms with Crippen molar-refractivity contribution < 1.29 is 33.0 Å². The van der Waals surface area contributed by atoms with E-state index in [2.05, 4.69) is 10.1 Å². The number of carbonyl (C=O) groups is 1. The van der Waals surface area contributed by atoms with Gasteiger partial charge in [0.1, 0.15) is 11.5 Å². The molecule has 1 amide bonds. The Labute approximate surface area is 203 Å². The molecule has 10 nitrogen and oxygen atoms in total. The fourth-order valence-corrected chi connectivity index (χ4v) is 4.24. The third kappa shape index (κ3) is 4.82. The van der Waals surface area contributed by atoms with Gasteiger partial charge in [-0.15, -0.1) is 0 Å². The molecule has 10 heteroatoms. The van der Waals surface area contributed by atoms with E-state index in [1.807, 2.05) is 0 Å². The topological polar surface area (TPSA) is 105 Å². The zero-order chi connectivity index (χ0) is 24.9. The van der Waals surface area contributed by atoms with Gasteiger partial charge in [0, 0.05) is 24.7 Å². The smallest absolute Gasteiger partial charge is 0.257 e. The van der Waals surface area contributed by atoms with Crippen LogP contribution >= 0.6 is 0 Å². The molecule has 4 rings (SSSR count). The van der Waals surface area contributed by atoms with Crippen LogP contribution < -0.4 is 23.7 Å². The van der Waals surface area contributed by atoms with Crippen molar-refractivity contribution in [2.45, 2.75) is 18.8 Å². The zero-order valence-corrected chi connectivity index (χ0v) is 20.5. The number of benzene rings is 2. The molecule has 0 spiro atoms. The average molecular weight is 484 g/mol. The summed E-state index contributed by atoms with van der Waals surface area (Å²) in [4.78, 5) is 19.7. The fraction of sp³-hybridized carbons (Fsp3) is 0.400. The quantitative estimate of drug-likeness (QED) is 0.473. The lowest BCUT2D eigenvalue weighted by atomic mass is 9.97. The highest BCUT2D eigenvalue weighted by Gasteiger charge is 2.30.